The van der Waals surface area contributed by atoms with Gasteiger partial charge < -0.3 is 0 Å². The maximum atomic E-state index is 9.55. The molecule has 2 heteroatoms. The first-order valence-corrected chi connectivity index (χ1v) is 3.91. The van der Waals surface area contributed by atoms with Crippen molar-refractivity contribution < 1.29 is 5.21 Å². The maximum Gasteiger partial charge on any atom is 0.0712 e. The molecule has 1 aromatic rings. The number of para-hydroxylation sites is 1. The largest absolute Gasteiger partial charge is 0.288 e. The molecular formula is C10H13NO. The first-order valence-electron chi connectivity index (χ1n) is 3.91. The van der Waals surface area contributed by atoms with Crippen LogP contribution in [0.4, 0.5) is 5.69 Å². The quantitative estimate of drug-likeness (QED) is 0.546. The molecule has 12 heavy (non-hydrogen) atoms. The molecule has 1 unspecified atom stereocenters. The highest BCUT2D eigenvalue weighted by atomic mass is 16.5. The van der Waals surface area contributed by atoms with Crippen molar-refractivity contribution in [3.8, 4) is 0 Å². The molecule has 1 N–H and O–H groups in total. The first-order chi connectivity index (χ1) is 5.75. The van der Waals surface area contributed by atoms with Crippen LogP contribution < -0.4 is 5.06 Å². The van der Waals surface area contributed by atoms with E-state index in [1.54, 1.807) is 6.08 Å². The molecule has 0 saturated carbocycles. The highest BCUT2D eigenvalue weighted by molar-refractivity contribution is 5.44. The maximum absolute atomic E-state index is 9.55. The van der Waals surface area contributed by atoms with Gasteiger partial charge in [0.15, 0.2) is 0 Å². The van der Waals surface area contributed by atoms with E-state index in [1.807, 2.05) is 37.3 Å². The van der Waals surface area contributed by atoms with Crippen LogP contribution in [0.1, 0.15) is 6.92 Å². The van der Waals surface area contributed by atoms with Gasteiger partial charge in [-0.15, -0.1) is 6.58 Å². The zero-order valence-electron chi connectivity index (χ0n) is 7.14. The minimum Gasteiger partial charge on any atom is -0.288 e. The second kappa shape index (κ2) is 3.93. The minimum absolute atomic E-state index is 0.0626. The summed E-state index contributed by atoms with van der Waals surface area (Å²) in [6.07, 6.45) is 1.69. The molecule has 0 aliphatic heterocycles. The second-order valence-electron chi connectivity index (χ2n) is 2.66. The van der Waals surface area contributed by atoms with Gasteiger partial charge in [0.25, 0.3) is 0 Å². The number of hydrogen-bond donors (Lipinski definition) is 1. The van der Waals surface area contributed by atoms with Crippen molar-refractivity contribution in [2.45, 2.75) is 13.0 Å². The van der Waals surface area contributed by atoms with Gasteiger partial charge in [-0.3, -0.25) is 10.3 Å². The normalized spacial score (nSPS) is 12.2. The lowest BCUT2D eigenvalue weighted by Gasteiger charge is -2.21. The highest BCUT2D eigenvalue weighted by Crippen LogP contribution is 2.13. The number of rotatable bonds is 3. The van der Waals surface area contributed by atoms with Crippen molar-refractivity contribution in [3.63, 3.8) is 0 Å². The predicted octanol–water partition coefficient (Wildman–Crippen LogP) is 2.46. The zero-order chi connectivity index (χ0) is 8.97. The van der Waals surface area contributed by atoms with Gasteiger partial charge in [-0.25, -0.2) is 0 Å². The Morgan fingerprint density at radius 2 is 2.00 bits per heavy atom. The molecule has 2 nitrogen and oxygen atoms in total. The van der Waals surface area contributed by atoms with Crippen LogP contribution in [-0.2, 0) is 0 Å². The van der Waals surface area contributed by atoms with Gasteiger partial charge in [-0.1, -0.05) is 24.3 Å². The van der Waals surface area contributed by atoms with Crippen LogP contribution in [0, 0.1) is 0 Å². The van der Waals surface area contributed by atoms with Gasteiger partial charge in [0, 0.05) is 0 Å². The van der Waals surface area contributed by atoms with Crippen LogP contribution in [-0.4, -0.2) is 11.2 Å². The molecule has 0 spiro atoms. The van der Waals surface area contributed by atoms with Crippen molar-refractivity contribution in [2.24, 2.45) is 0 Å². The molecule has 1 aromatic carbocycles. The fraction of sp³-hybridized carbons (Fsp3) is 0.200. The van der Waals surface area contributed by atoms with E-state index in [2.05, 4.69) is 6.58 Å². The monoisotopic (exact) mass is 163 g/mol. The molecule has 0 radical (unpaired) electrons. The minimum atomic E-state index is -0.0626. The van der Waals surface area contributed by atoms with Crippen molar-refractivity contribution >= 4 is 5.69 Å². The summed E-state index contributed by atoms with van der Waals surface area (Å²) < 4.78 is 0. The summed E-state index contributed by atoms with van der Waals surface area (Å²) in [6.45, 7) is 5.48. The van der Waals surface area contributed by atoms with Crippen molar-refractivity contribution in [3.05, 3.63) is 43.0 Å². The van der Waals surface area contributed by atoms with E-state index in [-0.39, 0.29) is 6.04 Å². The number of anilines is 1. The van der Waals surface area contributed by atoms with Crippen LogP contribution in [0.2, 0.25) is 0 Å². The summed E-state index contributed by atoms with van der Waals surface area (Å²) in [7, 11) is 0. The molecule has 0 aliphatic rings. The third kappa shape index (κ3) is 1.86. The molecule has 0 aromatic heterocycles. The lowest BCUT2D eigenvalue weighted by Crippen LogP contribution is -2.27. The van der Waals surface area contributed by atoms with Crippen molar-refractivity contribution in [1.82, 2.24) is 0 Å². The Kier molecular flexibility index (Phi) is 2.88. The standard InChI is InChI=1S/C10H13NO/c1-3-9(2)11(12)10-7-5-4-6-8-10/h3-9,12H,1H2,2H3. The Labute approximate surface area is 72.7 Å². The Balaban J connectivity index is 2.78. The number of hydroxylamine groups is 1. The van der Waals surface area contributed by atoms with Gasteiger partial charge >= 0.3 is 0 Å². The van der Waals surface area contributed by atoms with Crippen molar-refractivity contribution in [2.75, 3.05) is 5.06 Å². The Morgan fingerprint density at radius 3 is 2.50 bits per heavy atom. The molecule has 1 rings (SSSR count). The van der Waals surface area contributed by atoms with Crippen LogP contribution in [0.5, 0.6) is 0 Å². The van der Waals surface area contributed by atoms with Crippen LogP contribution in [0.15, 0.2) is 43.0 Å². The van der Waals surface area contributed by atoms with E-state index in [0.29, 0.717) is 0 Å². The molecule has 64 valence electrons. The smallest absolute Gasteiger partial charge is 0.0712 e. The summed E-state index contributed by atoms with van der Waals surface area (Å²) in [5, 5.41) is 10.7. The van der Waals surface area contributed by atoms with E-state index >= 15 is 0 Å². The molecule has 0 saturated heterocycles. The van der Waals surface area contributed by atoms with Crippen LogP contribution >= 0.6 is 0 Å². The fourth-order valence-electron chi connectivity index (χ4n) is 0.916. The van der Waals surface area contributed by atoms with Crippen LogP contribution in [0.3, 0.4) is 0 Å². The molecule has 0 heterocycles. The first kappa shape index (κ1) is 8.81. The summed E-state index contributed by atoms with van der Waals surface area (Å²) in [5.41, 5.74) is 0.782. The average molecular weight is 163 g/mol. The van der Waals surface area contributed by atoms with Gasteiger partial charge in [-0.2, -0.15) is 0 Å². The van der Waals surface area contributed by atoms with E-state index in [0.717, 1.165) is 5.69 Å². The average Bonchev–Trinajstić information content (AvgIpc) is 2.17. The van der Waals surface area contributed by atoms with Crippen molar-refractivity contribution in [1.29, 1.82) is 0 Å². The Bertz CT molecular complexity index is 245. The summed E-state index contributed by atoms with van der Waals surface area (Å²) in [5.74, 6) is 0. The molecule has 0 aliphatic carbocycles. The number of hydrogen-bond acceptors (Lipinski definition) is 2. The lowest BCUT2D eigenvalue weighted by atomic mass is 10.2. The zero-order valence-corrected chi connectivity index (χ0v) is 7.14. The number of benzene rings is 1. The molecule has 0 bridgehead atoms. The van der Waals surface area contributed by atoms with E-state index in [1.165, 1.54) is 5.06 Å². The third-order valence-corrected chi connectivity index (χ3v) is 1.75. The van der Waals surface area contributed by atoms with Gasteiger partial charge in [-0.05, 0) is 19.1 Å². The summed E-state index contributed by atoms with van der Waals surface area (Å²) >= 11 is 0. The van der Waals surface area contributed by atoms with Crippen LogP contribution in [0.25, 0.3) is 0 Å². The molecule has 1 atom stereocenters. The molecule has 0 amide bonds. The van der Waals surface area contributed by atoms with E-state index in [9.17, 15) is 5.21 Å². The second-order valence-corrected chi connectivity index (χ2v) is 2.66. The number of nitrogens with zero attached hydrogens (tertiary/aromatic N) is 1. The van der Waals surface area contributed by atoms with E-state index < -0.39 is 0 Å². The van der Waals surface area contributed by atoms with Gasteiger partial charge in [0.1, 0.15) is 0 Å². The third-order valence-electron chi connectivity index (χ3n) is 1.75. The SMILES string of the molecule is C=CC(C)N(O)c1ccccc1. The molecule has 0 fully saturated rings. The topological polar surface area (TPSA) is 23.5 Å². The lowest BCUT2D eigenvalue weighted by molar-refractivity contribution is 0.238. The van der Waals surface area contributed by atoms with Gasteiger partial charge in [0.05, 0.1) is 11.7 Å². The molecular weight excluding hydrogens is 150 g/mol. The van der Waals surface area contributed by atoms with E-state index in [4.69, 9.17) is 0 Å². The highest BCUT2D eigenvalue weighted by Gasteiger charge is 2.06. The van der Waals surface area contributed by atoms with Gasteiger partial charge in [0.2, 0.25) is 0 Å². The predicted molar refractivity (Wildman–Crippen MR) is 50.4 cm³/mol. The fourth-order valence-corrected chi connectivity index (χ4v) is 0.916. The Morgan fingerprint density at radius 1 is 1.42 bits per heavy atom. The summed E-state index contributed by atoms with van der Waals surface area (Å²) in [6, 6.07) is 9.31. The Hall–Kier alpha value is -1.28. The summed E-state index contributed by atoms with van der Waals surface area (Å²) in [4.78, 5) is 0.